The van der Waals surface area contributed by atoms with E-state index in [0.717, 1.165) is 0 Å². The van der Waals surface area contributed by atoms with Crippen molar-refractivity contribution < 1.29 is 40.6 Å². The average Bonchev–Trinajstić information content (AvgIpc) is 2.85. The van der Waals surface area contributed by atoms with Crippen LogP contribution < -0.4 is 14.8 Å². The molecule has 1 saturated heterocycles. The van der Waals surface area contributed by atoms with Crippen LogP contribution in [0.5, 0.6) is 11.6 Å². The smallest absolute Gasteiger partial charge is 0.415 e. The summed E-state index contributed by atoms with van der Waals surface area (Å²) in [4.78, 5) is 17.0. The van der Waals surface area contributed by atoms with Gasteiger partial charge in [-0.3, -0.25) is 4.79 Å². The van der Waals surface area contributed by atoms with E-state index in [4.69, 9.17) is 9.47 Å². The highest BCUT2D eigenvalue weighted by Crippen LogP contribution is 2.53. The predicted octanol–water partition coefficient (Wildman–Crippen LogP) is 5.97. The van der Waals surface area contributed by atoms with Gasteiger partial charge in [-0.25, -0.2) is 4.98 Å². The van der Waals surface area contributed by atoms with Crippen LogP contribution in [0.1, 0.15) is 50.2 Å². The lowest BCUT2D eigenvalue weighted by Gasteiger charge is -2.49. The van der Waals surface area contributed by atoms with Gasteiger partial charge >= 0.3 is 12.4 Å². The number of aromatic nitrogens is 1. The largest absolute Gasteiger partial charge is 0.494 e. The third-order valence-electron chi connectivity index (χ3n) is 6.81. The first-order chi connectivity index (χ1) is 17.8. The number of carbonyl (C=O) groups is 1. The number of rotatable bonds is 9. The lowest BCUT2D eigenvalue weighted by Crippen LogP contribution is -2.66. The molecule has 6 nitrogen and oxygen atoms in total. The number of amides is 1. The summed E-state index contributed by atoms with van der Waals surface area (Å²) in [6.45, 7) is 1.53. The van der Waals surface area contributed by atoms with Gasteiger partial charge in [0.15, 0.2) is 5.54 Å². The summed E-state index contributed by atoms with van der Waals surface area (Å²) < 4.78 is 91.3. The molecular formula is C26H27F6N3O3. The van der Waals surface area contributed by atoms with Gasteiger partial charge < -0.3 is 14.8 Å². The predicted molar refractivity (Wildman–Crippen MR) is 124 cm³/mol. The number of nitrogens with one attached hydrogen (secondary N) is 1. The molecule has 0 aliphatic carbocycles. The van der Waals surface area contributed by atoms with Crippen LogP contribution in [0, 0.1) is 17.2 Å². The molecule has 2 unspecified atom stereocenters. The van der Waals surface area contributed by atoms with Gasteiger partial charge in [0.1, 0.15) is 11.7 Å². The van der Waals surface area contributed by atoms with Crippen molar-refractivity contribution in [2.45, 2.75) is 62.3 Å². The van der Waals surface area contributed by atoms with Crippen molar-refractivity contribution in [2.75, 3.05) is 13.7 Å². The number of hydrogen-bond donors (Lipinski definition) is 1. The normalized spacial score (nSPS) is 23.9. The van der Waals surface area contributed by atoms with Crippen LogP contribution >= 0.6 is 0 Å². The number of pyridine rings is 1. The molecule has 0 radical (unpaired) electrons. The Hall–Kier alpha value is -3.49. The van der Waals surface area contributed by atoms with Gasteiger partial charge in [-0.1, -0.05) is 25.1 Å². The van der Waals surface area contributed by atoms with Crippen molar-refractivity contribution in [3.8, 4) is 17.7 Å². The molecule has 0 spiro atoms. The molecule has 206 valence electrons. The summed E-state index contributed by atoms with van der Waals surface area (Å²) in [5.74, 6) is -2.01. The van der Waals surface area contributed by atoms with Gasteiger partial charge in [0, 0.05) is 24.1 Å². The zero-order chi connectivity index (χ0) is 28.2. The Balaban J connectivity index is 1.85. The number of unbranched alkanes of at least 4 members (excludes halogenated alkanes) is 2. The monoisotopic (exact) mass is 543 g/mol. The minimum Gasteiger partial charge on any atom is -0.494 e. The average molecular weight is 544 g/mol. The van der Waals surface area contributed by atoms with E-state index in [9.17, 15) is 36.4 Å². The Labute approximate surface area is 216 Å². The molecule has 2 aromatic rings. The van der Waals surface area contributed by atoms with E-state index >= 15 is 0 Å². The van der Waals surface area contributed by atoms with E-state index in [2.05, 4.69) is 10.3 Å². The van der Waals surface area contributed by atoms with Gasteiger partial charge in [-0.05, 0) is 48.9 Å². The van der Waals surface area contributed by atoms with Gasteiger partial charge in [0.2, 0.25) is 11.8 Å². The zero-order valence-electron chi connectivity index (χ0n) is 20.7. The van der Waals surface area contributed by atoms with E-state index in [1.165, 1.54) is 56.6 Å². The minimum atomic E-state index is -4.93. The molecular weight excluding hydrogens is 516 g/mol. The van der Waals surface area contributed by atoms with Crippen LogP contribution in [0.3, 0.4) is 0 Å². The second-order valence-corrected chi connectivity index (χ2v) is 9.44. The number of benzene rings is 1. The molecule has 12 heteroatoms. The molecule has 1 N–H and O–H groups in total. The van der Waals surface area contributed by atoms with E-state index < -0.39 is 48.0 Å². The van der Waals surface area contributed by atoms with Gasteiger partial charge in [-0.15, -0.1) is 0 Å². The lowest BCUT2D eigenvalue weighted by atomic mass is 9.61. The molecule has 2 heterocycles. The lowest BCUT2D eigenvalue weighted by molar-refractivity contribution is -0.216. The highest BCUT2D eigenvalue weighted by molar-refractivity contribution is 5.85. The third-order valence-corrected chi connectivity index (χ3v) is 6.81. The molecule has 0 saturated carbocycles. The van der Waals surface area contributed by atoms with Gasteiger partial charge in [-0.2, -0.15) is 31.6 Å². The Bertz CT molecular complexity index is 1150. The molecule has 1 aromatic carbocycles. The van der Waals surface area contributed by atoms with Crippen LogP contribution in [0.25, 0.3) is 0 Å². The maximum Gasteiger partial charge on any atom is 0.415 e. The molecule has 3 atom stereocenters. The van der Waals surface area contributed by atoms with Crippen molar-refractivity contribution in [2.24, 2.45) is 5.92 Å². The number of piperidine rings is 1. The number of alkyl halides is 6. The third kappa shape index (κ3) is 6.14. The maximum atomic E-state index is 14.7. The number of ether oxygens (including phenoxy) is 2. The fourth-order valence-corrected chi connectivity index (χ4v) is 4.72. The molecule has 1 aliphatic heterocycles. The van der Waals surface area contributed by atoms with Crippen LogP contribution in [-0.4, -0.2) is 37.0 Å². The number of methoxy groups -OCH3 is 1. The fraction of sp³-hybridized carbons (Fsp3) is 0.500. The van der Waals surface area contributed by atoms with Crippen LogP contribution in [0.15, 0.2) is 42.6 Å². The van der Waals surface area contributed by atoms with Crippen LogP contribution in [-0.2, 0) is 15.7 Å². The molecule has 1 fully saturated rings. The summed E-state index contributed by atoms with van der Waals surface area (Å²) in [6, 6.07) is 9.78. The Kier molecular flexibility index (Phi) is 8.48. The summed E-state index contributed by atoms with van der Waals surface area (Å²) in [6.07, 6.45) is -8.78. The van der Waals surface area contributed by atoms with Gasteiger partial charge in [0.25, 0.3) is 0 Å². The molecule has 0 bridgehead atoms. The number of carbonyl (C=O) groups excluding carboxylic acids is 1. The van der Waals surface area contributed by atoms with Crippen molar-refractivity contribution in [1.29, 1.82) is 5.26 Å². The molecule has 1 aliphatic rings. The second-order valence-electron chi connectivity index (χ2n) is 9.44. The maximum absolute atomic E-state index is 14.7. The van der Waals surface area contributed by atoms with Crippen LogP contribution in [0.4, 0.5) is 26.3 Å². The van der Waals surface area contributed by atoms with Crippen molar-refractivity contribution in [3.05, 3.63) is 53.7 Å². The van der Waals surface area contributed by atoms with E-state index in [-0.39, 0.29) is 35.8 Å². The van der Waals surface area contributed by atoms with E-state index in [1.807, 2.05) is 6.07 Å². The number of halogens is 6. The number of hydrogen-bond acceptors (Lipinski definition) is 5. The summed E-state index contributed by atoms with van der Waals surface area (Å²) in [5, 5.41) is 11.8. The summed E-state index contributed by atoms with van der Waals surface area (Å²) >= 11 is 0. The van der Waals surface area contributed by atoms with Crippen LogP contribution in [0.2, 0.25) is 0 Å². The molecule has 1 amide bonds. The van der Waals surface area contributed by atoms with Crippen molar-refractivity contribution in [3.63, 3.8) is 0 Å². The molecule has 1 aromatic heterocycles. The minimum absolute atomic E-state index is 0.0359. The van der Waals surface area contributed by atoms with Gasteiger partial charge in [0.05, 0.1) is 19.8 Å². The van der Waals surface area contributed by atoms with Crippen molar-refractivity contribution in [1.82, 2.24) is 10.3 Å². The number of nitriles is 1. The molecule has 3 rings (SSSR count). The highest BCUT2D eigenvalue weighted by atomic mass is 19.4. The topological polar surface area (TPSA) is 84.2 Å². The second kappa shape index (κ2) is 11.1. The Morgan fingerprint density at radius 2 is 1.71 bits per heavy atom. The van der Waals surface area contributed by atoms with E-state index in [0.29, 0.717) is 12.8 Å². The standard InChI is InChI=1S/C26H27F6N3O3/c1-23(18-8-11-21(37-2)34-15-18)16-24(26(30,31)32,35-22(36)20(23)14-33)17-6-9-19(10-7-17)38-13-5-3-4-12-25(27,28)29/h6-11,15,20H,3-5,12-13,16H2,1-2H3,(H,35,36)/t20?,23?,24-/m0/s1. The first kappa shape index (κ1) is 29.1. The molecule has 38 heavy (non-hydrogen) atoms. The summed E-state index contributed by atoms with van der Waals surface area (Å²) in [5.41, 5.74) is -4.32. The van der Waals surface area contributed by atoms with E-state index in [1.54, 1.807) is 0 Å². The first-order valence-corrected chi connectivity index (χ1v) is 11.8. The fourth-order valence-electron chi connectivity index (χ4n) is 4.72. The highest BCUT2D eigenvalue weighted by Gasteiger charge is 2.65. The Morgan fingerprint density at radius 3 is 2.24 bits per heavy atom. The quantitative estimate of drug-likeness (QED) is 0.311. The van der Waals surface area contributed by atoms with Crippen molar-refractivity contribution >= 4 is 5.91 Å². The first-order valence-electron chi connectivity index (χ1n) is 11.8. The Morgan fingerprint density at radius 1 is 1.05 bits per heavy atom. The SMILES string of the molecule is COc1ccc(C2(C)C[C@](c3ccc(OCCCCCC(F)(F)F)cc3)(C(F)(F)F)NC(=O)C2C#N)cn1. The zero-order valence-corrected chi connectivity index (χ0v) is 20.7. The number of nitrogens with zero attached hydrogens (tertiary/aromatic N) is 2. The summed E-state index contributed by atoms with van der Waals surface area (Å²) in [7, 11) is 1.38.